The van der Waals surface area contributed by atoms with Crippen LogP contribution in [0.4, 0.5) is 0 Å². The lowest BCUT2D eigenvalue weighted by atomic mass is 10.1. The summed E-state index contributed by atoms with van der Waals surface area (Å²) in [5, 5.41) is 5.66. The van der Waals surface area contributed by atoms with Gasteiger partial charge in [-0.3, -0.25) is 14.5 Å². The third kappa shape index (κ3) is 6.64. The van der Waals surface area contributed by atoms with Crippen molar-refractivity contribution < 1.29 is 9.59 Å². The highest BCUT2D eigenvalue weighted by atomic mass is 79.9. The number of halogens is 1. The first-order valence-electron chi connectivity index (χ1n) is 9.73. The Morgan fingerprint density at radius 3 is 2.55 bits per heavy atom. The number of nitrogens with zero attached hydrogens (tertiary/aromatic N) is 2. The van der Waals surface area contributed by atoms with Crippen molar-refractivity contribution in [1.82, 2.24) is 20.4 Å². The van der Waals surface area contributed by atoms with Crippen molar-refractivity contribution in [3.8, 4) is 0 Å². The second-order valence-electron chi connectivity index (χ2n) is 7.42. The summed E-state index contributed by atoms with van der Waals surface area (Å²) >= 11 is 4.68. The van der Waals surface area contributed by atoms with Gasteiger partial charge < -0.3 is 15.5 Å². The van der Waals surface area contributed by atoms with Crippen LogP contribution in [0.2, 0.25) is 0 Å². The molecule has 1 aromatic carbocycles. The molecule has 2 aromatic rings. The van der Waals surface area contributed by atoms with E-state index in [1.165, 1.54) is 16.9 Å². The van der Waals surface area contributed by atoms with Gasteiger partial charge in [-0.05, 0) is 53.2 Å². The molecule has 6 nitrogen and oxygen atoms in total. The molecule has 8 heteroatoms. The van der Waals surface area contributed by atoms with Crippen LogP contribution < -0.4 is 10.6 Å². The standard InChI is InChI=1S/C21H27BrN4O2S/c1-15(24-21(28)18-6-7-19(22)29-18)20(27)23-13-16-4-3-5-17(12-16)14-26-10-8-25(2)9-11-26/h3-7,12,15H,8-11,13-14H2,1-2H3,(H,23,27)(H,24,28). The molecule has 2 N–H and O–H groups in total. The third-order valence-electron chi connectivity index (χ3n) is 5.00. The number of amides is 2. The molecule has 0 aliphatic carbocycles. The monoisotopic (exact) mass is 478 g/mol. The summed E-state index contributed by atoms with van der Waals surface area (Å²) in [5.74, 6) is -0.434. The highest BCUT2D eigenvalue weighted by molar-refractivity contribution is 9.11. The van der Waals surface area contributed by atoms with Crippen LogP contribution in [-0.4, -0.2) is 60.9 Å². The lowest BCUT2D eigenvalue weighted by molar-refractivity contribution is -0.122. The van der Waals surface area contributed by atoms with Crippen LogP contribution in [0, 0.1) is 0 Å². The Bertz CT molecular complexity index is 849. The number of nitrogens with one attached hydrogen (secondary N) is 2. The quantitative estimate of drug-likeness (QED) is 0.641. The Morgan fingerprint density at radius 1 is 1.14 bits per heavy atom. The van der Waals surface area contributed by atoms with Crippen molar-refractivity contribution in [3.63, 3.8) is 0 Å². The Kier molecular flexibility index (Phi) is 7.83. The first kappa shape index (κ1) is 22.0. The largest absolute Gasteiger partial charge is 0.350 e. The molecule has 29 heavy (non-hydrogen) atoms. The van der Waals surface area contributed by atoms with Crippen LogP contribution in [0.1, 0.15) is 27.7 Å². The normalized spacial score (nSPS) is 16.4. The molecule has 1 fully saturated rings. The number of hydrogen-bond donors (Lipinski definition) is 2. The molecular formula is C21H27BrN4O2S. The smallest absolute Gasteiger partial charge is 0.262 e. The Hall–Kier alpha value is -1.74. The first-order valence-corrected chi connectivity index (χ1v) is 11.3. The Morgan fingerprint density at radius 2 is 1.86 bits per heavy atom. The summed E-state index contributed by atoms with van der Waals surface area (Å²) in [5.41, 5.74) is 2.32. The van der Waals surface area contributed by atoms with E-state index in [1.807, 2.05) is 18.2 Å². The number of rotatable bonds is 7. The maximum absolute atomic E-state index is 12.4. The second-order valence-corrected chi connectivity index (χ2v) is 9.88. The van der Waals surface area contributed by atoms with Crippen LogP contribution >= 0.6 is 27.3 Å². The van der Waals surface area contributed by atoms with E-state index >= 15 is 0 Å². The van der Waals surface area contributed by atoms with Crippen LogP contribution in [-0.2, 0) is 17.9 Å². The SMILES string of the molecule is CC(NC(=O)c1ccc(Br)s1)C(=O)NCc1cccc(CN2CCN(C)CC2)c1. The van der Waals surface area contributed by atoms with E-state index in [-0.39, 0.29) is 11.8 Å². The minimum absolute atomic E-state index is 0.196. The average molecular weight is 479 g/mol. The van der Waals surface area contributed by atoms with Gasteiger partial charge in [0.25, 0.3) is 5.91 Å². The molecular weight excluding hydrogens is 452 g/mol. The fraction of sp³-hybridized carbons (Fsp3) is 0.429. The van der Waals surface area contributed by atoms with E-state index in [9.17, 15) is 9.59 Å². The molecule has 3 rings (SSSR count). The van der Waals surface area contributed by atoms with Gasteiger partial charge in [-0.15, -0.1) is 11.3 Å². The van der Waals surface area contributed by atoms with Crippen molar-refractivity contribution in [2.75, 3.05) is 33.2 Å². The van der Waals surface area contributed by atoms with Crippen LogP contribution in [0.15, 0.2) is 40.2 Å². The predicted molar refractivity (Wildman–Crippen MR) is 120 cm³/mol. The maximum atomic E-state index is 12.4. The lowest BCUT2D eigenvalue weighted by Crippen LogP contribution is -2.44. The van der Waals surface area contributed by atoms with E-state index < -0.39 is 6.04 Å². The summed E-state index contributed by atoms with van der Waals surface area (Å²) in [7, 11) is 2.16. The van der Waals surface area contributed by atoms with Crippen LogP contribution in [0.3, 0.4) is 0 Å². The molecule has 2 amide bonds. The number of carbonyl (C=O) groups is 2. The second kappa shape index (κ2) is 10.3. The van der Waals surface area contributed by atoms with Gasteiger partial charge in [0, 0.05) is 39.3 Å². The van der Waals surface area contributed by atoms with Gasteiger partial charge in [0.2, 0.25) is 5.91 Å². The summed E-state index contributed by atoms with van der Waals surface area (Å²) in [6.07, 6.45) is 0. The fourth-order valence-corrected chi connectivity index (χ4v) is 4.50. The number of benzene rings is 1. The zero-order chi connectivity index (χ0) is 20.8. The summed E-state index contributed by atoms with van der Waals surface area (Å²) in [6.45, 7) is 7.42. The molecule has 0 saturated carbocycles. The summed E-state index contributed by atoms with van der Waals surface area (Å²) < 4.78 is 0.885. The molecule has 0 spiro atoms. The molecule has 1 atom stereocenters. The van der Waals surface area contributed by atoms with Gasteiger partial charge in [0.15, 0.2) is 0 Å². The van der Waals surface area contributed by atoms with E-state index in [1.54, 1.807) is 13.0 Å². The van der Waals surface area contributed by atoms with Gasteiger partial charge in [-0.1, -0.05) is 24.3 Å². The molecule has 1 aliphatic rings. The number of carbonyl (C=O) groups excluding carboxylic acids is 2. The number of thiophene rings is 1. The molecule has 156 valence electrons. The maximum Gasteiger partial charge on any atom is 0.262 e. The van der Waals surface area contributed by atoms with Crippen molar-refractivity contribution in [2.24, 2.45) is 0 Å². The zero-order valence-corrected chi connectivity index (χ0v) is 19.2. The van der Waals surface area contributed by atoms with E-state index in [4.69, 9.17) is 0 Å². The van der Waals surface area contributed by atoms with Gasteiger partial charge >= 0.3 is 0 Å². The van der Waals surface area contributed by atoms with Crippen molar-refractivity contribution in [1.29, 1.82) is 0 Å². The fourth-order valence-electron chi connectivity index (χ4n) is 3.21. The Labute approximate surface area is 184 Å². The molecule has 2 heterocycles. The van der Waals surface area contributed by atoms with Gasteiger partial charge in [0.1, 0.15) is 6.04 Å². The number of likely N-dealkylation sites (N-methyl/N-ethyl adjacent to an activating group) is 1. The van der Waals surface area contributed by atoms with Gasteiger partial charge in [-0.25, -0.2) is 0 Å². The van der Waals surface area contributed by atoms with Gasteiger partial charge in [-0.2, -0.15) is 0 Å². The first-order chi connectivity index (χ1) is 13.9. The average Bonchev–Trinajstić information content (AvgIpc) is 3.14. The molecule has 1 unspecified atom stereocenters. The molecule has 1 aromatic heterocycles. The van der Waals surface area contributed by atoms with Crippen LogP contribution in [0.25, 0.3) is 0 Å². The number of hydrogen-bond acceptors (Lipinski definition) is 5. The van der Waals surface area contributed by atoms with E-state index in [2.05, 4.69) is 55.5 Å². The minimum Gasteiger partial charge on any atom is -0.350 e. The zero-order valence-electron chi connectivity index (χ0n) is 16.8. The van der Waals surface area contributed by atoms with Crippen molar-refractivity contribution in [3.05, 3.63) is 56.2 Å². The van der Waals surface area contributed by atoms with E-state index in [0.29, 0.717) is 11.4 Å². The Balaban J connectivity index is 1.47. The van der Waals surface area contributed by atoms with Crippen molar-refractivity contribution >= 4 is 39.1 Å². The lowest BCUT2D eigenvalue weighted by Gasteiger charge is -2.32. The van der Waals surface area contributed by atoms with Crippen LogP contribution in [0.5, 0.6) is 0 Å². The summed E-state index contributed by atoms with van der Waals surface area (Å²) in [4.78, 5) is 29.9. The third-order valence-corrected chi connectivity index (χ3v) is 6.62. The summed E-state index contributed by atoms with van der Waals surface area (Å²) in [6, 6.07) is 11.3. The molecule has 0 bridgehead atoms. The highest BCUT2D eigenvalue weighted by Crippen LogP contribution is 2.21. The predicted octanol–water partition coefficient (Wildman–Crippen LogP) is 2.69. The molecule has 1 saturated heterocycles. The van der Waals surface area contributed by atoms with Gasteiger partial charge in [0.05, 0.1) is 8.66 Å². The molecule has 1 aliphatic heterocycles. The van der Waals surface area contributed by atoms with E-state index in [0.717, 1.165) is 42.1 Å². The topological polar surface area (TPSA) is 64.7 Å². The van der Waals surface area contributed by atoms with Crippen molar-refractivity contribution in [2.45, 2.75) is 26.1 Å². The minimum atomic E-state index is -0.600. The number of piperazine rings is 1. The highest BCUT2D eigenvalue weighted by Gasteiger charge is 2.18. The molecule has 0 radical (unpaired) electrons.